The number of rotatable bonds is 5. The Balaban J connectivity index is 1.89. The van der Waals surface area contributed by atoms with E-state index in [1.165, 1.54) is 31.2 Å². The molecule has 1 fully saturated rings. The zero-order valence-electron chi connectivity index (χ0n) is 10.2. The molecule has 0 aromatic heterocycles. The maximum absolute atomic E-state index is 9.27. The molecular weight excluding hydrogens is 212 g/mol. The number of benzene rings is 1. The van der Waals surface area contributed by atoms with Crippen LogP contribution in [0, 0.1) is 0 Å². The Bertz CT molecular complexity index is 331. The molecule has 0 bridgehead atoms. The van der Waals surface area contributed by atoms with Gasteiger partial charge in [0.2, 0.25) is 0 Å². The normalized spacial score (nSPS) is 18.4. The van der Waals surface area contributed by atoms with Gasteiger partial charge in [0.15, 0.2) is 0 Å². The van der Waals surface area contributed by atoms with Gasteiger partial charge < -0.3 is 16.2 Å². The molecule has 1 atom stereocenters. The van der Waals surface area contributed by atoms with E-state index in [9.17, 15) is 5.11 Å². The number of nitrogens with two attached hydrogens (primary N) is 1. The van der Waals surface area contributed by atoms with Gasteiger partial charge in [0.25, 0.3) is 0 Å². The average molecular weight is 234 g/mol. The van der Waals surface area contributed by atoms with E-state index < -0.39 is 0 Å². The highest BCUT2D eigenvalue weighted by molar-refractivity contribution is 5.28. The fourth-order valence-corrected chi connectivity index (χ4v) is 2.52. The maximum Gasteiger partial charge on any atom is 0.115 e. The third-order valence-corrected chi connectivity index (χ3v) is 3.66. The highest BCUT2D eigenvalue weighted by Gasteiger charge is 2.16. The van der Waals surface area contributed by atoms with E-state index in [-0.39, 0.29) is 0 Å². The molecule has 3 nitrogen and oxygen atoms in total. The van der Waals surface area contributed by atoms with Crippen LogP contribution in [0.2, 0.25) is 0 Å². The minimum Gasteiger partial charge on any atom is -0.508 e. The maximum atomic E-state index is 9.27. The number of phenolic OH excluding ortho intramolecular Hbond substituents is 1. The van der Waals surface area contributed by atoms with E-state index in [1.807, 2.05) is 12.1 Å². The summed E-state index contributed by atoms with van der Waals surface area (Å²) in [7, 11) is 0. The molecule has 1 aromatic carbocycles. The summed E-state index contributed by atoms with van der Waals surface area (Å²) < 4.78 is 0. The summed E-state index contributed by atoms with van der Waals surface area (Å²) in [6.45, 7) is 1.58. The largest absolute Gasteiger partial charge is 0.508 e. The smallest absolute Gasteiger partial charge is 0.115 e. The minimum absolute atomic E-state index is 0.313. The van der Waals surface area contributed by atoms with Gasteiger partial charge in [-0.15, -0.1) is 0 Å². The molecule has 1 aromatic rings. The van der Waals surface area contributed by atoms with Crippen molar-refractivity contribution in [2.75, 3.05) is 13.1 Å². The van der Waals surface area contributed by atoms with Crippen molar-refractivity contribution in [3.05, 3.63) is 29.8 Å². The van der Waals surface area contributed by atoms with E-state index in [0.29, 0.717) is 24.3 Å². The Kier molecular flexibility index (Phi) is 4.40. The molecule has 0 amide bonds. The first-order chi connectivity index (χ1) is 8.29. The van der Waals surface area contributed by atoms with Crippen LogP contribution in [0.1, 0.15) is 37.2 Å². The van der Waals surface area contributed by atoms with E-state index in [2.05, 4.69) is 5.32 Å². The summed E-state index contributed by atoms with van der Waals surface area (Å²) in [5.74, 6) is 0.657. The fourth-order valence-electron chi connectivity index (χ4n) is 2.52. The third kappa shape index (κ3) is 3.45. The van der Waals surface area contributed by atoms with Crippen molar-refractivity contribution in [2.24, 2.45) is 5.73 Å². The molecule has 17 heavy (non-hydrogen) atoms. The summed E-state index contributed by atoms with van der Waals surface area (Å²) in [6.07, 6.45) is 5.30. The second-order valence-electron chi connectivity index (χ2n) is 4.91. The van der Waals surface area contributed by atoms with Crippen LogP contribution >= 0.6 is 0 Å². The molecule has 0 saturated heterocycles. The first kappa shape index (κ1) is 12.4. The van der Waals surface area contributed by atoms with Crippen LogP contribution in [0.25, 0.3) is 0 Å². The predicted molar refractivity (Wildman–Crippen MR) is 70.2 cm³/mol. The molecule has 1 aliphatic carbocycles. The lowest BCUT2D eigenvalue weighted by molar-refractivity contribution is 0.473. The Morgan fingerprint density at radius 1 is 1.24 bits per heavy atom. The number of hydrogen-bond acceptors (Lipinski definition) is 3. The van der Waals surface area contributed by atoms with Crippen LogP contribution in [-0.2, 0) is 0 Å². The van der Waals surface area contributed by atoms with Gasteiger partial charge >= 0.3 is 0 Å². The lowest BCUT2D eigenvalue weighted by Gasteiger charge is -2.19. The molecule has 0 radical (unpaired) electrons. The van der Waals surface area contributed by atoms with Crippen LogP contribution in [0.4, 0.5) is 0 Å². The van der Waals surface area contributed by atoms with Crippen LogP contribution < -0.4 is 11.1 Å². The zero-order valence-corrected chi connectivity index (χ0v) is 10.2. The first-order valence-corrected chi connectivity index (χ1v) is 6.52. The van der Waals surface area contributed by atoms with Gasteiger partial charge in [-0.05, 0) is 30.5 Å². The average Bonchev–Trinajstić information content (AvgIpc) is 2.85. The monoisotopic (exact) mass is 234 g/mol. The molecule has 2 rings (SSSR count). The summed E-state index contributed by atoms with van der Waals surface area (Å²) in [5.41, 5.74) is 7.03. The Hall–Kier alpha value is -1.06. The highest BCUT2D eigenvalue weighted by atomic mass is 16.3. The van der Waals surface area contributed by atoms with Crippen molar-refractivity contribution in [1.29, 1.82) is 0 Å². The zero-order chi connectivity index (χ0) is 12.1. The third-order valence-electron chi connectivity index (χ3n) is 3.66. The number of aromatic hydroxyl groups is 1. The first-order valence-electron chi connectivity index (χ1n) is 6.52. The van der Waals surface area contributed by atoms with Gasteiger partial charge in [-0.1, -0.05) is 25.0 Å². The Morgan fingerprint density at radius 3 is 2.47 bits per heavy atom. The fraction of sp³-hybridized carbons (Fsp3) is 0.571. The van der Waals surface area contributed by atoms with Crippen LogP contribution in [0.5, 0.6) is 5.75 Å². The van der Waals surface area contributed by atoms with Crippen LogP contribution in [0.15, 0.2) is 24.3 Å². The SMILES string of the molecule is NCC(CNC1CCCC1)c1ccc(O)cc1. The number of hydrogen-bond donors (Lipinski definition) is 3. The summed E-state index contributed by atoms with van der Waals surface area (Å²) >= 11 is 0. The molecule has 0 aliphatic heterocycles. The van der Waals surface area contributed by atoms with Gasteiger partial charge in [0.05, 0.1) is 0 Å². The van der Waals surface area contributed by atoms with E-state index in [4.69, 9.17) is 5.73 Å². The van der Waals surface area contributed by atoms with Crippen molar-refractivity contribution in [1.82, 2.24) is 5.32 Å². The van der Waals surface area contributed by atoms with Gasteiger partial charge in [-0.2, -0.15) is 0 Å². The van der Waals surface area contributed by atoms with Gasteiger partial charge in [-0.25, -0.2) is 0 Å². The lowest BCUT2D eigenvalue weighted by Crippen LogP contribution is -2.33. The van der Waals surface area contributed by atoms with Gasteiger partial charge in [0, 0.05) is 25.0 Å². The highest BCUT2D eigenvalue weighted by Crippen LogP contribution is 2.20. The molecule has 0 heterocycles. The molecule has 94 valence electrons. The molecule has 1 saturated carbocycles. The standard InChI is InChI=1S/C14H22N2O/c15-9-12(10-16-13-3-1-2-4-13)11-5-7-14(17)8-6-11/h5-8,12-13,16-17H,1-4,9-10,15H2. The molecule has 3 heteroatoms. The molecule has 0 spiro atoms. The van der Waals surface area contributed by atoms with Crippen LogP contribution in [-0.4, -0.2) is 24.2 Å². The second-order valence-corrected chi connectivity index (χ2v) is 4.91. The summed E-state index contributed by atoms with van der Waals surface area (Å²) in [4.78, 5) is 0. The summed E-state index contributed by atoms with van der Waals surface area (Å²) in [6, 6.07) is 8.06. The summed E-state index contributed by atoms with van der Waals surface area (Å²) in [5, 5.41) is 12.9. The van der Waals surface area contributed by atoms with E-state index in [1.54, 1.807) is 12.1 Å². The number of phenols is 1. The van der Waals surface area contributed by atoms with Gasteiger partial charge in [-0.3, -0.25) is 0 Å². The second kappa shape index (κ2) is 6.03. The predicted octanol–water partition coefficient (Wildman–Crippen LogP) is 1.97. The minimum atomic E-state index is 0.313. The van der Waals surface area contributed by atoms with Crippen molar-refractivity contribution in [3.8, 4) is 5.75 Å². The molecule has 4 N–H and O–H groups in total. The van der Waals surface area contributed by atoms with E-state index >= 15 is 0 Å². The van der Waals surface area contributed by atoms with Gasteiger partial charge in [0.1, 0.15) is 5.75 Å². The lowest BCUT2D eigenvalue weighted by atomic mass is 9.98. The quantitative estimate of drug-likeness (QED) is 0.730. The van der Waals surface area contributed by atoms with Crippen molar-refractivity contribution in [2.45, 2.75) is 37.6 Å². The van der Waals surface area contributed by atoms with Crippen LogP contribution in [0.3, 0.4) is 0 Å². The molecule has 1 unspecified atom stereocenters. The van der Waals surface area contributed by atoms with Crippen molar-refractivity contribution >= 4 is 0 Å². The van der Waals surface area contributed by atoms with Crippen molar-refractivity contribution < 1.29 is 5.11 Å². The Labute approximate surface area is 103 Å². The molecule has 1 aliphatic rings. The van der Waals surface area contributed by atoms with E-state index in [0.717, 1.165) is 6.54 Å². The van der Waals surface area contributed by atoms with Crippen molar-refractivity contribution in [3.63, 3.8) is 0 Å². The topological polar surface area (TPSA) is 58.3 Å². The molecular formula is C14H22N2O. The Morgan fingerprint density at radius 2 is 1.88 bits per heavy atom. The number of nitrogens with one attached hydrogen (secondary N) is 1.